The highest BCUT2D eigenvalue weighted by Gasteiger charge is 2.19. The summed E-state index contributed by atoms with van der Waals surface area (Å²) in [4.78, 5) is 37.5. The molecule has 0 saturated heterocycles. The van der Waals surface area contributed by atoms with Gasteiger partial charge >= 0.3 is 17.9 Å². The average Bonchev–Trinajstić information content (AvgIpc) is 2.53. The van der Waals surface area contributed by atoms with Gasteiger partial charge in [-0.2, -0.15) is 0 Å². The van der Waals surface area contributed by atoms with Crippen molar-refractivity contribution in [3.63, 3.8) is 0 Å². The van der Waals surface area contributed by atoms with Gasteiger partial charge in [0.05, 0.1) is 17.8 Å². The van der Waals surface area contributed by atoms with Crippen molar-refractivity contribution in [2.24, 2.45) is 17.8 Å². The zero-order valence-electron chi connectivity index (χ0n) is 14.7. The van der Waals surface area contributed by atoms with Gasteiger partial charge in [-0.1, -0.05) is 26.8 Å². The highest BCUT2D eigenvalue weighted by molar-refractivity contribution is 5.70. The van der Waals surface area contributed by atoms with E-state index in [1.165, 1.54) is 0 Å². The Labute approximate surface area is 146 Å². The van der Waals surface area contributed by atoms with E-state index in [4.69, 9.17) is 15.3 Å². The van der Waals surface area contributed by atoms with Gasteiger partial charge in [0.1, 0.15) is 0 Å². The van der Waals surface area contributed by atoms with Crippen molar-refractivity contribution in [1.82, 2.24) is 4.98 Å². The summed E-state index contributed by atoms with van der Waals surface area (Å²) in [6.45, 7) is 4.81. The van der Waals surface area contributed by atoms with Crippen molar-refractivity contribution in [2.75, 3.05) is 0 Å². The number of hydrogen-bond acceptors (Lipinski definition) is 4. The van der Waals surface area contributed by atoms with Gasteiger partial charge < -0.3 is 15.3 Å². The molecule has 0 aliphatic rings. The van der Waals surface area contributed by atoms with Crippen LogP contribution in [-0.4, -0.2) is 38.2 Å². The number of aromatic nitrogens is 1. The molecule has 0 aliphatic carbocycles. The van der Waals surface area contributed by atoms with Gasteiger partial charge in [-0.3, -0.25) is 19.4 Å². The van der Waals surface area contributed by atoms with Crippen LogP contribution in [0.2, 0.25) is 0 Å². The fraction of sp³-hybridized carbons (Fsp3) is 0.556. The molecule has 0 radical (unpaired) electrons. The smallest absolute Gasteiger partial charge is 0.306 e. The topological polar surface area (TPSA) is 125 Å². The molecule has 0 amide bonds. The molecule has 0 spiro atoms. The molecule has 3 atom stereocenters. The highest BCUT2D eigenvalue weighted by atomic mass is 16.4. The first-order chi connectivity index (χ1) is 11.6. The SMILES string of the molecule is CC(CCc1ncc(CC(C)C(=O)O)cc1CC(C)C(=O)O)C(=O)O. The molecule has 0 saturated carbocycles. The maximum atomic E-state index is 11.1. The first-order valence-corrected chi connectivity index (χ1v) is 8.26. The van der Waals surface area contributed by atoms with E-state index in [1.807, 2.05) is 0 Å². The van der Waals surface area contributed by atoms with Crippen molar-refractivity contribution >= 4 is 17.9 Å². The van der Waals surface area contributed by atoms with E-state index < -0.39 is 35.7 Å². The molecular weight excluding hydrogens is 326 g/mol. The van der Waals surface area contributed by atoms with Gasteiger partial charge in [0.2, 0.25) is 0 Å². The molecule has 0 aromatic carbocycles. The third kappa shape index (κ3) is 6.52. The van der Waals surface area contributed by atoms with E-state index in [1.54, 1.807) is 33.0 Å². The molecule has 138 valence electrons. The fourth-order valence-corrected chi connectivity index (χ4v) is 2.44. The van der Waals surface area contributed by atoms with Crippen molar-refractivity contribution in [3.05, 3.63) is 29.1 Å². The zero-order valence-corrected chi connectivity index (χ0v) is 14.7. The van der Waals surface area contributed by atoms with Crippen LogP contribution in [0.15, 0.2) is 12.3 Å². The predicted octanol–water partition coefficient (Wildman–Crippen LogP) is 2.26. The summed E-state index contributed by atoms with van der Waals surface area (Å²) >= 11 is 0. The molecule has 0 fully saturated rings. The lowest BCUT2D eigenvalue weighted by molar-refractivity contribution is -0.142. The van der Waals surface area contributed by atoms with Crippen molar-refractivity contribution in [3.8, 4) is 0 Å². The molecule has 7 nitrogen and oxygen atoms in total. The molecule has 1 heterocycles. The summed E-state index contributed by atoms with van der Waals surface area (Å²) in [6.07, 6.45) is 3.01. The maximum absolute atomic E-state index is 11.1. The van der Waals surface area contributed by atoms with Gasteiger partial charge in [0.15, 0.2) is 0 Å². The van der Waals surface area contributed by atoms with Gasteiger partial charge in [0.25, 0.3) is 0 Å². The van der Waals surface area contributed by atoms with Crippen LogP contribution in [0.25, 0.3) is 0 Å². The lowest BCUT2D eigenvalue weighted by Gasteiger charge is -2.15. The van der Waals surface area contributed by atoms with Crippen LogP contribution in [0, 0.1) is 17.8 Å². The first-order valence-electron chi connectivity index (χ1n) is 8.26. The number of rotatable bonds is 10. The quantitative estimate of drug-likeness (QED) is 0.590. The molecule has 1 aromatic rings. The molecule has 25 heavy (non-hydrogen) atoms. The van der Waals surface area contributed by atoms with E-state index in [0.717, 1.165) is 11.1 Å². The summed E-state index contributed by atoms with van der Waals surface area (Å²) in [5, 5.41) is 27.2. The van der Waals surface area contributed by atoms with Crippen LogP contribution < -0.4 is 0 Å². The molecule has 7 heteroatoms. The summed E-state index contributed by atoms with van der Waals surface area (Å²) in [5.74, 6) is -4.39. The second-order valence-electron chi connectivity index (χ2n) is 6.61. The Balaban J connectivity index is 3.02. The van der Waals surface area contributed by atoms with Crippen LogP contribution in [0.1, 0.15) is 44.0 Å². The number of carboxylic acids is 3. The van der Waals surface area contributed by atoms with E-state index >= 15 is 0 Å². The number of pyridine rings is 1. The second-order valence-corrected chi connectivity index (χ2v) is 6.61. The molecule has 3 N–H and O–H groups in total. The monoisotopic (exact) mass is 351 g/mol. The van der Waals surface area contributed by atoms with Crippen LogP contribution in [0.5, 0.6) is 0 Å². The van der Waals surface area contributed by atoms with Gasteiger partial charge in [0, 0.05) is 11.9 Å². The number of aliphatic carboxylic acids is 3. The minimum atomic E-state index is -0.922. The van der Waals surface area contributed by atoms with Crippen molar-refractivity contribution in [2.45, 2.75) is 46.5 Å². The number of carbonyl (C=O) groups is 3. The van der Waals surface area contributed by atoms with E-state index in [-0.39, 0.29) is 6.42 Å². The largest absolute Gasteiger partial charge is 0.481 e. The normalized spacial score (nSPS) is 14.5. The Kier molecular flexibility index (Phi) is 7.54. The van der Waals surface area contributed by atoms with E-state index in [9.17, 15) is 14.4 Å². The Hall–Kier alpha value is -2.44. The third-order valence-corrected chi connectivity index (χ3v) is 4.26. The minimum absolute atomic E-state index is 0.272. The molecule has 1 aromatic heterocycles. The molecular formula is C18H25NO6. The first kappa shape index (κ1) is 20.6. The number of aryl methyl sites for hydroxylation is 1. The van der Waals surface area contributed by atoms with Gasteiger partial charge in [-0.05, 0) is 36.8 Å². The lowest BCUT2D eigenvalue weighted by atomic mass is 9.93. The van der Waals surface area contributed by atoms with Crippen LogP contribution in [-0.2, 0) is 33.6 Å². The maximum Gasteiger partial charge on any atom is 0.306 e. The van der Waals surface area contributed by atoms with Crippen LogP contribution >= 0.6 is 0 Å². The molecule has 0 aliphatic heterocycles. The van der Waals surface area contributed by atoms with Crippen LogP contribution in [0.4, 0.5) is 0 Å². The average molecular weight is 351 g/mol. The predicted molar refractivity (Wildman–Crippen MR) is 90.4 cm³/mol. The summed E-state index contributed by atoms with van der Waals surface area (Å²) in [6, 6.07) is 1.80. The summed E-state index contributed by atoms with van der Waals surface area (Å²) < 4.78 is 0. The summed E-state index contributed by atoms with van der Waals surface area (Å²) in [7, 11) is 0. The Morgan fingerprint density at radius 3 is 1.96 bits per heavy atom. The Bertz CT molecular complexity index is 642. The minimum Gasteiger partial charge on any atom is -0.481 e. The number of nitrogens with zero attached hydrogens (tertiary/aromatic N) is 1. The third-order valence-electron chi connectivity index (χ3n) is 4.26. The van der Waals surface area contributed by atoms with Crippen molar-refractivity contribution < 1.29 is 29.7 Å². The molecule has 3 unspecified atom stereocenters. The van der Waals surface area contributed by atoms with E-state index in [2.05, 4.69) is 4.98 Å². The van der Waals surface area contributed by atoms with Crippen LogP contribution in [0.3, 0.4) is 0 Å². The summed E-state index contributed by atoms with van der Waals surface area (Å²) in [5.41, 5.74) is 2.15. The fourth-order valence-electron chi connectivity index (χ4n) is 2.44. The Morgan fingerprint density at radius 2 is 1.44 bits per heavy atom. The second kappa shape index (κ2) is 9.15. The standard InChI is InChI=1S/C18H25NO6/c1-10(16(20)21)4-5-15-14(7-12(3)18(24)25)8-13(9-19-15)6-11(2)17(22)23/h8-12H,4-7H2,1-3H3,(H,20,21)(H,22,23)(H,24,25). The van der Waals surface area contributed by atoms with Gasteiger partial charge in [-0.25, -0.2) is 0 Å². The number of carboxylic acid groups (broad SMARTS) is 3. The van der Waals surface area contributed by atoms with Crippen molar-refractivity contribution in [1.29, 1.82) is 0 Å². The molecule has 1 rings (SSSR count). The van der Waals surface area contributed by atoms with Gasteiger partial charge in [-0.15, -0.1) is 0 Å². The zero-order chi connectivity index (χ0) is 19.1. The highest BCUT2D eigenvalue weighted by Crippen LogP contribution is 2.19. The van der Waals surface area contributed by atoms with E-state index in [0.29, 0.717) is 25.0 Å². The molecule has 0 bridgehead atoms. The lowest BCUT2D eigenvalue weighted by Crippen LogP contribution is -2.17. The Morgan fingerprint density at radius 1 is 0.920 bits per heavy atom. The number of hydrogen-bond donors (Lipinski definition) is 3.